The minimum Gasteiger partial charge on any atom is -0.452 e. The van der Waals surface area contributed by atoms with Crippen LogP contribution in [0.2, 0.25) is 0 Å². The van der Waals surface area contributed by atoms with Crippen molar-refractivity contribution in [3.8, 4) is 5.82 Å². The first-order valence-corrected chi connectivity index (χ1v) is 9.18. The van der Waals surface area contributed by atoms with E-state index in [0.717, 1.165) is 12.8 Å². The van der Waals surface area contributed by atoms with E-state index in [1.165, 1.54) is 6.20 Å². The molecule has 0 aliphatic carbocycles. The van der Waals surface area contributed by atoms with Crippen LogP contribution in [-0.2, 0) is 9.53 Å². The second kappa shape index (κ2) is 10.2. The first-order valence-electron chi connectivity index (χ1n) is 9.18. The summed E-state index contributed by atoms with van der Waals surface area (Å²) >= 11 is 0. The summed E-state index contributed by atoms with van der Waals surface area (Å²) in [5.74, 6) is -0.852. The predicted molar refractivity (Wildman–Crippen MR) is 102 cm³/mol. The Morgan fingerprint density at radius 2 is 2.04 bits per heavy atom. The van der Waals surface area contributed by atoms with E-state index < -0.39 is 24.5 Å². The smallest absolute Gasteiger partial charge is 0.342 e. The maximum Gasteiger partial charge on any atom is 0.342 e. The number of unbranched alkanes of at least 4 members (excludes halogenated alkanes) is 1. The van der Waals surface area contributed by atoms with E-state index in [1.54, 1.807) is 23.0 Å². The van der Waals surface area contributed by atoms with E-state index in [0.29, 0.717) is 18.1 Å². The van der Waals surface area contributed by atoms with Gasteiger partial charge < -0.3 is 10.1 Å². The van der Waals surface area contributed by atoms with Crippen LogP contribution in [-0.4, -0.2) is 45.8 Å². The highest BCUT2D eigenvalue weighted by atomic mass is 16.5. The number of ether oxygens (including phenoxy) is 1. The van der Waals surface area contributed by atoms with Gasteiger partial charge >= 0.3 is 12.0 Å². The Morgan fingerprint density at radius 1 is 1.25 bits per heavy atom. The number of imide groups is 1. The molecule has 0 fully saturated rings. The van der Waals surface area contributed by atoms with E-state index in [9.17, 15) is 14.4 Å². The molecule has 2 aromatic heterocycles. The molecule has 0 aromatic carbocycles. The molecule has 0 aliphatic rings. The quantitative estimate of drug-likeness (QED) is 0.530. The lowest BCUT2D eigenvalue weighted by atomic mass is 10.1. The lowest BCUT2D eigenvalue weighted by Gasteiger charge is -2.12. The van der Waals surface area contributed by atoms with Crippen molar-refractivity contribution in [3.05, 3.63) is 41.9 Å². The molecule has 2 aromatic rings. The molecule has 0 atom stereocenters. The zero-order valence-corrected chi connectivity index (χ0v) is 16.3. The fourth-order valence-corrected chi connectivity index (χ4v) is 2.53. The van der Waals surface area contributed by atoms with Crippen LogP contribution in [0.15, 0.2) is 30.6 Å². The minimum atomic E-state index is -0.703. The molecule has 0 spiro atoms. The summed E-state index contributed by atoms with van der Waals surface area (Å²) in [6.07, 6.45) is 4.77. The second-order valence-corrected chi connectivity index (χ2v) is 6.43. The van der Waals surface area contributed by atoms with E-state index in [-0.39, 0.29) is 11.5 Å². The van der Waals surface area contributed by atoms with Crippen LogP contribution in [0.4, 0.5) is 4.79 Å². The molecule has 9 nitrogen and oxygen atoms in total. The fraction of sp³-hybridized carbons (Fsp3) is 0.421. The zero-order chi connectivity index (χ0) is 20.5. The maximum absolute atomic E-state index is 12.4. The highest BCUT2D eigenvalue weighted by Gasteiger charge is 2.23. The first-order chi connectivity index (χ1) is 13.4. The molecular formula is C19H25N5O4. The van der Waals surface area contributed by atoms with Crippen molar-refractivity contribution in [3.63, 3.8) is 0 Å². The van der Waals surface area contributed by atoms with Crippen molar-refractivity contribution in [2.45, 2.75) is 39.5 Å². The Balaban J connectivity index is 2.00. The molecule has 150 valence electrons. The van der Waals surface area contributed by atoms with Gasteiger partial charge in [-0.05, 0) is 24.5 Å². The molecule has 0 aliphatic heterocycles. The van der Waals surface area contributed by atoms with E-state index >= 15 is 0 Å². The van der Waals surface area contributed by atoms with Crippen LogP contribution in [0.5, 0.6) is 0 Å². The van der Waals surface area contributed by atoms with Gasteiger partial charge in [-0.15, -0.1) is 0 Å². The van der Waals surface area contributed by atoms with E-state index in [1.807, 2.05) is 26.8 Å². The standard InChI is InChI=1S/C19H25N5O4/c1-4-5-9-21-19(27)23-16(25)12-28-18(26)14-11-22-24(17(14)13(2)3)15-8-6-7-10-20-15/h6-8,10-11,13H,4-5,9,12H2,1-3H3,(H2,21,23,25,27). The average Bonchev–Trinajstić information content (AvgIpc) is 3.12. The summed E-state index contributed by atoms with van der Waals surface area (Å²) < 4.78 is 6.62. The van der Waals surface area contributed by atoms with Crippen LogP contribution in [0.3, 0.4) is 0 Å². The molecule has 2 heterocycles. The Hall–Kier alpha value is -3.23. The lowest BCUT2D eigenvalue weighted by molar-refractivity contribution is -0.123. The molecule has 0 saturated heterocycles. The van der Waals surface area contributed by atoms with Gasteiger partial charge in [0.2, 0.25) is 0 Å². The van der Waals surface area contributed by atoms with Crippen LogP contribution < -0.4 is 10.6 Å². The molecule has 0 bridgehead atoms. The average molecular weight is 387 g/mol. The normalized spacial score (nSPS) is 10.6. The van der Waals surface area contributed by atoms with Crippen LogP contribution in [0.25, 0.3) is 5.82 Å². The topological polar surface area (TPSA) is 115 Å². The summed E-state index contributed by atoms with van der Waals surface area (Å²) in [5, 5.41) is 8.90. The molecule has 0 saturated carbocycles. The Labute approximate surface area is 163 Å². The third-order valence-electron chi connectivity index (χ3n) is 3.84. The summed E-state index contributed by atoms with van der Waals surface area (Å²) in [4.78, 5) is 40.0. The number of aromatic nitrogens is 3. The Kier molecular flexibility index (Phi) is 7.67. The molecule has 28 heavy (non-hydrogen) atoms. The number of hydrogen-bond donors (Lipinski definition) is 2. The number of nitrogens with one attached hydrogen (secondary N) is 2. The minimum absolute atomic E-state index is 0.0368. The summed E-state index contributed by atoms with van der Waals surface area (Å²) in [7, 11) is 0. The van der Waals surface area contributed by atoms with Gasteiger partial charge in [0.05, 0.1) is 11.9 Å². The van der Waals surface area contributed by atoms with Crippen LogP contribution >= 0.6 is 0 Å². The van der Waals surface area contributed by atoms with Gasteiger partial charge in [0.15, 0.2) is 12.4 Å². The summed E-state index contributed by atoms with van der Waals surface area (Å²) in [6.45, 7) is 5.74. The maximum atomic E-state index is 12.4. The van der Waals surface area contributed by atoms with Gasteiger partial charge in [0.1, 0.15) is 5.56 Å². The van der Waals surface area contributed by atoms with Gasteiger partial charge in [-0.25, -0.2) is 19.3 Å². The number of hydrogen-bond acceptors (Lipinski definition) is 6. The molecule has 0 radical (unpaired) electrons. The van der Waals surface area contributed by atoms with Crippen LogP contribution in [0, 0.1) is 0 Å². The van der Waals surface area contributed by atoms with Crippen molar-refractivity contribution < 1.29 is 19.1 Å². The Morgan fingerprint density at radius 3 is 2.68 bits per heavy atom. The molecule has 3 amide bonds. The first kappa shape index (κ1) is 21.1. The van der Waals surface area contributed by atoms with Gasteiger partial charge in [-0.3, -0.25) is 10.1 Å². The third-order valence-corrected chi connectivity index (χ3v) is 3.84. The summed E-state index contributed by atoms with van der Waals surface area (Å²) in [5.41, 5.74) is 0.877. The largest absolute Gasteiger partial charge is 0.452 e. The van der Waals surface area contributed by atoms with Crippen LogP contribution in [0.1, 0.15) is 55.6 Å². The van der Waals surface area contributed by atoms with Crippen molar-refractivity contribution in [1.82, 2.24) is 25.4 Å². The number of rotatable bonds is 8. The number of esters is 1. The van der Waals surface area contributed by atoms with Crippen molar-refractivity contribution in [1.29, 1.82) is 0 Å². The molecule has 2 N–H and O–H groups in total. The SMILES string of the molecule is CCCCNC(=O)NC(=O)COC(=O)c1cnn(-c2ccccn2)c1C(C)C. The lowest BCUT2D eigenvalue weighted by Crippen LogP contribution is -2.41. The fourth-order valence-electron chi connectivity index (χ4n) is 2.53. The van der Waals surface area contributed by atoms with Crippen molar-refractivity contribution in [2.24, 2.45) is 0 Å². The number of carbonyl (C=O) groups excluding carboxylic acids is 3. The monoisotopic (exact) mass is 387 g/mol. The number of urea groups is 1. The molecule has 2 rings (SSSR count). The van der Waals surface area contributed by atoms with Gasteiger partial charge in [-0.1, -0.05) is 33.3 Å². The highest BCUT2D eigenvalue weighted by molar-refractivity contribution is 5.97. The van der Waals surface area contributed by atoms with Gasteiger partial charge in [0, 0.05) is 12.7 Å². The number of carbonyl (C=O) groups is 3. The van der Waals surface area contributed by atoms with E-state index in [4.69, 9.17) is 4.74 Å². The van der Waals surface area contributed by atoms with Gasteiger partial charge in [-0.2, -0.15) is 5.10 Å². The predicted octanol–water partition coefficient (Wildman–Crippen LogP) is 2.17. The summed E-state index contributed by atoms with van der Waals surface area (Å²) in [6, 6.07) is 4.77. The zero-order valence-electron chi connectivity index (χ0n) is 16.3. The van der Waals surface area contributed by atoms with Crippen molar-refractivity contribution >= 4 is 17.9 Å². The number of pyridine rings is 1. The number of amides is 3. The molecule has 9 heteroatoms. The van der Waals surface area contributed by atoms with E-state index in [2.05, 4.69) is 20.7 Å². The third kappa shape index (κ3) is 5.63. The molecular weight excluding hydrogens is 362 g/mol. The molecule has 0 unspecified atom stereocenters. The Bertz CT molecular complexity index is 817. The highest BCUT2D eigenvalue weighted by Crippen LogP contribution is 2.22. The second-order valence-electron chi connectivity index (χ2n) is 6.43. The number of nitrogens with zero attached hydrogens (tertiary/aromatic N) is 3. The van der Waals surface area contributed by atoms with Crippen molar-refractivity contribution in [2.75, 3.05) is 13.2 Å². The van der Waals surface area contributed by atoms with Gasteiger partial charge in [0.25, 0.3) is 5.91 Å².